The molecule has 2 amide bonds. The number of benzene rings is 2. The fourth-order valence-corrected chi connectivity index (χ4v) is 5.40. The van der Waals surface area contributed by atoms with Gasteiger partial charge in [-0.2, -0.15) is 13.1 Å². The third-order valence-corrected chi connectivity index (χ3v) is 7.19. The third-order valence-electron chi connectivity index (χ3n) is 6.61. The van der Waals surface area contributed by atoms with E-state index >= 15 is 0 Å². The number of nitrogens with two attached hydrogens (primary N) is 2. The second kappa shape index (κ2) is 13.6. The molecule has 2 atom stereocenters. The standard InChI is InChI=1S/C27H32N6O4S.ClH/c28-16-22-14-13-19(17-30-22)18-31-26(34)23-12-7-15-33(23)27(35)25(32-38(29,36)37)24(20-8-3-1-4-9-20)21-10-5-2-6-11-21;/h1-6,8-11,13-14,17,23-25,32H,7,12,15-16,18,28H2,(H,31,34)(H2,29,36,37);1H/t23-,25+;/m0./s1. The van der Waals surface area contributed by atoms with Crippen LogP contribution in [0.4, 0.5) is 0 Å². The zero-order chi connectivity index (χ0) is 27.1. The van der Waals surface area contributed by atoms with Gasteiger partial charge in [-0.3, -0.25) is 14.6 Å². The number of hydrogen-bond donors (Lipinski definition) is 4. The molecule has 39 heavy (non-hydrogen) atoms. The van der Waals surface area contributed by atoms with E-state index in [4.69, 9.17) is 10.9 Å². The number of nitrogens with one attached hydrogen (secondary N) is 2. The van der Waals surface area contributed by atoms with E-state index in [1.807, 2.05) is 66.7 Å². The van der Waals surface area contributed by atoms with Crippen molar-refractivity contribution in [2.75, 3.05) is 6.54 Å². The quantitative estimate of drug-likeness (QED) is 0.288. The van der Waals surface area contributed by atoms with Gasteiger partial charge in [0.25, 0.3) is 10.2 Å². The Morgan fingerprint density at radius 3 is 2.13 bits per heavy atom. The molecule has 0 aliphatic carbocycles. The lowest BCUT2D eigenvalue weighted by molar-refractivity contribution is -0.140. The number of nitrogens with zero attached hydrogens (tertiary/aromatic N) is 2. The molecule has 0 saturated carbocycles. The number of likely N-dealkylation sites (tertiary alicyclic amines) is 1. The number of amides is 2. The lowest BCUT2D eigenvalue weighted by Crippen LogP contribution is -2.56. The highest BCUT2D eigenvalue weighted by molar-refractivity contribution is 7.87. The predicted octanol–water partition coefficient (Wildman–Crippen LogP) is 1.56. The highest BCUT2D eigenvalue weighted by Gasteiger charge is 2.41. The molecule has 1 fully saturated rings. The van der Waals surface area contributed by atoms with Crippen LogP contribution in [0.1, 0.15) is 41.1 Å². The van der Waals surface area contributed by atoms with E-state index in [0.717, 1.165) is 22.4 Å². The Balaban J connectivity index is 0.00000420. The van der Waals surface area contributed by atoms with Crippen LogP contribution in [0.15, 0.2) is 79.0 Å². The van der Waals surface area contributed by atoms with Crippen molar-refractivity contribution in [1.29, 1.82) is 0 Å². The van der Waals surface area contributed by atoms with E-state index in [9.17, 15) is 18.0 Å². The van der Waals surface area contributed by atoms with Gasteiger partial charge in [-0.25, -0.2) is 5.14 Å². The van der Waals surface area contributed by atoms with Gasteiger partial charge in [0.2, 0.25) is 11.8 Å². The van der Waals surface area contributed by atoms with Crippen LogP contribution in [-0.2, 0) is 32.9 Å². The van der Waals surface area contributed by atoms with Crippen LogP contribution in [0, 0.1) is 0 Å². The van der Waals surface area contributed by atoms with Gasteiger partial charge in [0.15, 0.2) is 0 Å². The fraction of sp³-hybridized carbons (Fsp3) is 0.296. The number of pyridine rings is 1. The molecule has 3 aromatic rings. The Kier molecular flexibility index (Phi) is 10.6. The minimum atomic E-state index is -4.26. The van der Waals surface area contributed by atoms with E-state index in [-0.39, 0.29) is 24.9 Å². The van der Waals surface area contributed by atoms with Crippen molar-refractivity contribution in [1.82, 2.24) is 19.9 Å². The zero-order valence-electron chi connectivity index (χ0n) is 21.3. The van der Waals surface area contributed by atoms with Crippen LogP contribution in [0.2, 0.25) is 0 Å². The summed E-state index contributed by atoms with van der Waals surface area (Å²) < 4.78 is 26.9. The minimum absolute atomic E-state index is 0. The molecule has 10 nitrogen and oxygen atoms in total. The summed E-state index contributed by atoms with van der Waals surface area (Å²) in [6, 6.07) is 20.0. The minimum Gasteiger partial charge on any atom is -0.350 e. The topological polar surface area (TPSA) is 161 Å². The number of halogens is 1. The normalized spacial score (nSPS) is 16.0. The average Bonchev–Trinajstić information content (AvgIpc) is 3.42. The van der Waals surface area contributed by atoms with Crippen LogP contribution in [0.3, 0.4) is 0 Å². The van der Waals surface area contributed by atoms with Crippen molar-refractivity contribution in [3.63, 3.8) is 0 Å². The van der Waals surface area contributed by atoms with Crippen LogP contribution in [0.25, 0.3) is 0 Å². The van der Waals surface area contributed by atoms with Crippen LogP contribution >= 0.6 is 12.4 Å². The molecule has 4 rings (SSSR count). The Morgan fingerprint density at radius 1 is 1.00 bits per heavy atom. The van der Waals surface area contributed by atoms with Gasteiger partial charge < -0.3 is 16.0 Å². The maximum absolute atomic E-state index is 14.0. The summed E-state index contributed by atoms with van der Waals surface area (Å²) in [6.07, 6.45) is 2.72. The lowest BCUT2D eigenvalue weighted by atomic mass is 9.84. The van der Waals surface area contributed by atoms with E-state index in [2.05, 4.69) is 15.0 Å². The van der Waals surface area contributed by atoms with Crippen molar-refractivity contribution >= 4 is 34.4 Å². The van der Waals surface area contributed by atoms with Gasteiger partial charge in [-0.05, 0) is 35.6 Å². The number of carbonyl (C=O) groups excluding carboxylic acids is 2. The van der Waals surface area contributed by atoms with Crippen LogP contribution < -0.4 is 20.9 Å². The van der Waals surface area contributed by atoms with Gasteiger partial charge in [-0.1, -0.05) is 66.7 Å². The number of rotatable bonds is 10. The second-order valence-corrected chi connectivity index (χ2v) is 10.5. The van der Waals surface area contributed by atoms with E-state index in [0.29, 0.717) is 25.9 Å². The number of carbonyl (C=O) groups is 2. The molecule has 0 unspecified atom stereocenters. The predicted molar refractivity (Wildman–Crippen MR) is 151 cm³/mol. The van der Waals surface area contributed by atoms with Crippen molar-refractivity contribution in [3.05, 3.63) is 101 Å². The van der Waals surface area contributed by atoms with Crippen molar-refractivity contribution in [3.8, 4) is 0 Å². The zero-order valence-corrected chi connectivity index (χ0v) is 22.9. The summed E-state index contributed by atoms with van der Waals surface area (Å²) in [5.41, 5.74) is 8.60. The number of aromatic nitrogens is 1. The van der Waals surface area contributed by atoms with Gasteiger partial charge >= 0.3 is 0 Å². The first-order valence-electron chi connectivity index (χ1n) is 12.4. The summed E-state index contributed by atoms with van der Waals surface area (Å²) in [6.45, 7) is 0.889. The van der Waals surface area contributed by atoms with Gasteiger partial charge in [0.05, 0.1) is 5.69 Å². The molecule has 0 bridgehead atoms. The summed E-state index contributed by atoms with van der Waals surface area (Å²) in [5, 5.41) is 8.27. The van der Waals surface area contributed by atoms with Crippen molar-refractivity contribution < 1.29 is 18.0 Å². The maximum Gasteiger partial charge on any atom is 0.275 e. The van der Waals surface area contributed by atoms with E-state index in [1.54, 1.807) is 12.3 Å². The Hall–Kier alpha value is -3.35. The lowest BCUT2D eigenvalue weighted by Gasteiger charge is -2.33. The van der Waals surface area contributed by atoms with Crippen LogP contribution in [0.5, 0.6) is 0 Å². The molecule has 1 aromatic heterocycles. The molecular weight excluding hydrogens is 540 g/mol. The second-order valence-electron chi connectivity index (χ2n) is 9.21. The summed E-state index contributed by atoms with van der Waals surface area (Å²) in [5.74, 6) is -1.49. The molecule has 0 spiro atoms. The first-order chi connectivity index (χ1) is 18.3. The SMILES string of the molecule is Cl.NCc1ccc(CNC(=O)[C@@H]2CCCN2C(=O)[C@H](NS(N)(=O)=O)C(c2ccccc2)c2ccccc2)cn1. The Bertz CT molecular complexity index is 1300. The average molecular weight is 573 g/mol. The largest absolute Gasteiger partial charge is 0.350 e. The number of hydrogen-bond acceptors (Lipinski definition) is 6. The Labute approximate surface area is 234 Å². The molecule has 2 aromatic carbocycles. The molecule has 1 aliphatic rings. The molecule has 6 N–H and O–H groups in total. The molecule has 1 aliphatic heterocycles. The van der Waals surface area contributed by atoms with Gasteiger partial charge in [-0.15, -0.1) is 12.4 Å². The van der Waals surface area contributed by atoms with E-state index < -0.39 is 34.1 Å². The molecular formula is C27H33ClN6O4S. The molecule has 2 heterocycles. The molecule has 1 saturated heterocycles. The fourth-order valence-electron chi connectivity index (χ4n) is 4.81. The smallest absolute Gasteiger partial charge is 0.275 e. The van der Waals surface area contributed by atoms with Crippen LogP contribution in [-0.4, -0.2) is 48.7 Å². The van der Waals surface area contributed by atoms with Gasteiger partial charge in [0, 0.05) is 31.7 Å². The molecule has 12 heteroatoms. The maximum atomic E-state index is 14.0. The first-order valence-corrected chi connectivity index (χ1v) is 13.9. The van der Waals surface area contributed by atoms with Crippen molar-refractivity contribution in [2.45, 2.75) is 43.9 Å². The summed E-state index contributed by atoms with van der Waals surface area (Å²) in [4.78, 5) is 32.9. The molecule has 208 valence electrons. The summed E-state index contributed by atoms with van der Waals surface area (Å²) >= 11 is 0. The summed E-state index contributed by atoms with van der Waals surface area (Å²) in [7, 11) is -4.26. The van der Waals surface area contributed by atoms with E-state index in [1.165, 1.54) is 4.90 Å². The highest BCUT2D eigenvalue weighted by atomic mass is 35.5. The highest BCUT2D eigenvalue weighted by Crippen LogP contribution is 2.31. The van der Waals surface area contributed by atoms with Gasteiger partial charge in [0.1, 0.15) is 12.1 Å². The first kappa shape index (κ1) is 30.2. The Morgan fingerprint density at radius 2 is 1.62 bits per heavy atom. The third kappa shape index (κ3) is 7.84. The monoisotopic (exact) mass is 572 g/mol. The molecule has 0 radical (unpaired) electrons. The van der Waals surface area contributed by atoms with Crippen molar-refractivity contribution in [2.24, 2.45) is 10.9 Å².